The Morgan fingerprint density at radius 1 is 1.45 bits per heavy atom. The number of carbonyl (C=O) groups is 2. The highest BCUT2D eigenvalue weighted by Gasteiger charge is 2.29. The van der Waals surface area contributed by atoms with Crippen molar-refractivity contribution in [1.82, 2.24) is 4.98 Å². The summed E-state index contributed by atoms with van der Waals surface area (Å²) in [6.07, 6.45) is -0.478. The molecule has 0 spiro atoms. The summed E-state index contributed by atoms with van der Waals surface area (Å²) in [5.74, 6) is 0.441. The monoisotopic (exact) mass is 317 g/mol. The lowest BCUT2D eigenvalue weighted by atomic mass is 10.1. The van der Waals surface area contributed by atoms with Gasteiger partial charge in [0.15, 0.2) is 11.2 Å². The van der Waals surface area contributed by atoms with Crippen LogP contribution in [0, 0.1) is 0 Å². The minimum absolute atomic E-state index is 0.0816. The molecule has 1 aliphatic rings. The van der Waals surface area contributed by atoms with Crippen molar-refractivity contribution in [2.75, 3.05) is 17.3 Å². The van der Waals surface area contributed by atoms with E-state index >= 15 is 0 Å². The van der Waals surface area contributed by atoms with Gasteiger partial charge in [-0.05, 0) is 25.1 Å². The molecule has 6 nitrogen and oxygen atoms in total. The van der Waals surface area contributed by atoms with Crippen LogP contribution < -0.4 is 15.0 Å². The van der Waals surface area contributed by atoms with Gasteiger partial charge in [-0.2, -0.15) is 0 Å². The van der Waals surface area contributed by atoms with Crippen LogP contribution in [0.4, 0.5) is 10.8 Å². The summed E-state index contributed by atoms with van der Waals surface area (Å²) < 4.78 is 5.60. The standard InChI is InChI=1S/C15H15N3O3S/c1-8-14(20)18(3)12-6-10(4-5-13(12)21-8)11-7-22-15(17-11)16-9(2)19/h4-8H,1-3H3,(H,16,17,19)/t8-/m1/s1. The molecule has 2 heterocycles. The van der Waals surface area contributed by atoms with Crippen molar-refractivity contribution in [1.29, 1.82) is 0 Å². The topological polar surface area (TPSA) is 71.5 Å². The van der Waals surface area contributed by atoms with Crippen LogP contribution in [-0.4, -0.2) is 29.9 Å². The second kappa shape index (κ2) is 5.42. The molecule has 1 N–H and O–H groups in total. The zero-order valence-corrected chi connectivity index (χ0v) is 13.2. The van der Waals surface area contributed by atoms with Crippen LogP contribution in [-0.2, 0) is 9.59 Å². The quantitative estimate of drug-likeness (QED) is 0.924. The van der Waals surface area contributed by atoms with Gasteiger partial charge in [-0.3, -0.25) is 9.59 Å². The lowest BCUT2D eigenvalue weighted by molar-refractivity contribution is -0.125. The smallest absolute Gasteiger partial charge is 0.267 e. The first-order valence-electron chi connectivity index (χ1n) is 6.77. The molecule has 0 saturated carbocycles. The summed E-state index contributed by atoms with van der Waals surface area (Å²) in [6.45, 7) is 3.18. The fourth-order valence-corrected chi connectivity index (χ4v) is 3.05. The number of rotatable bonds is 2. The number of carbonyl (C=O) groups excluding carboxylic acids is 2. The van der Waals surface area contributed by atoms with Gasteiger partial charge in [-0.1, -0.05) is 0 Å². The first-order valence-corrected chi connectivity index (χ1v) is 7.65. The van der Waals surface area contributed by atoms with Gasteiger partial charge in [0.05, 0.1) is 11.4 Å². The van der Waals surface area contributed by atoms with Gasteiger partial charge >= 0.3 is 0 Å². The highest BCUT2D eigenvalue weighted by molar-refractivity contribution is 7.14. The number of thiazole rings is 1. The summed E-state index contributed by atoms with van der Waals surface area (Å²) in [6, 6.07) is 5.59. The fourth-order valence-electron chi connectivity index (χ4n) is 2.29. The van der Waals surface area contributed by atoms with E-state index in [4.69, 9.17) is 4.74 Å². The summed E-state index contributed by atoms with van der Waals surface area (Å²) in [5.41, 5.74) is 2.33. The summed E-state index contributed by atoms with van der Waals surface area (Å²) in [7, 11) is 1.73. The number of anilines is 2. The number of amides is 2. The Hall–Kier alpha value is -2.41. The van der Waals surface area contributed by atoms with Gasteiger partial charge in [0.25, 0.3) is 5.91 Å². The Morgan fingerprint density at radius 3 is 2.95 bits per heavy atom. The van der Waals surface area contributed by atoms with Crippen LogP contribution in [0.2, 0.25) is 0 Å². The first kappa shape index (κ1) is 14.5. The van der Waals surface area contributed by atoms with E-state index < -0.39 is 6.10 Å². The van der Waals surface area contributed by atoms with Gasteiger partial charge in [-0.15, -0.1) is 11.3 Å². The largest absolute Gasteiger partial charge is 0.479 e. The van der Waals surface area contributed by atoms with Crippen molar-refractivity contribution >= 4 is 34.0 Å². The number of aromatic nitrogens is 1. The molecule has 0 unspecified atom stereocenters. The molecule has 0 bridgehead atoms. The predicted molar refractivity (Wildman–Crippen MR) is 85.4 cm³/mol. The van der Waals surface area contributed by atoms with Crippen molar-refractivity contribution in [3.8, 4) is 17.0 Å². The molecular weight excluding hydrogens is 302 g/mol. The van der Waals surface area contributed by atoms with E-state index in [0.717, 1.165) is 16.9 Å². The van der Waals surface area contributed by atoms with E-state index in [2.05, 4.69) is 10.3 Å². The molecule has 1 aromatic heterocycles. The number of nitrogens with one attached hydrogen (secondary N) is 1. The Kier molecular flexibility index (Phi) is 3.58. The van der Waals surface area contributed by atoms with Crippen LogP contribution in [0.25, 0.3) is 11.3 Å². The van der Waals surface area contributed by atoms with Crippen LogP contribution in [0.1, 0.15) is 13.8 Å². The van der Waals surface area contributed by atoms with Crippen LogP contribution >= 0.6 is 11.3 Å². The summed E-state index contributed by atoms with van der Waals surface area (Å²) in [4.78, 5) is 29.0. The molecule has 7 heteroatoms. The lowest BCUT2D eigenvalue weighted by Crippen LogP contribution is -2.41. The van der Waals surface area contributed by atoms with Crippen molar-refractivity contribution in [3.05, 3.63) is 23.6 Å². The molecule has 2 amide bonds. The van der Waals surface area contributed by atoms with E-state index in [0.29, 0.717) is 10.9 Å². The van der Waals surface area contributed by atoms with Crippen LogP contribution in [0.5, 0.6) is 5.75 Å². The fraction of sp³-hybridized carbons (Fsp3) is 0.267. The molecule has 0 fully saturated rings. The molecule has 2 aromatic rings. The predicted octanol–water partition coefficient (Wildman–Crippen LogP) is 2.51. The Morgan fingerprint density at radius 2 is 2.23 bits per heavy atom. The van der Waals surface area contributed by atoms with E-state index in [1.807, 2.05) is 23.6 Å². The highest BCUT2D eigenvalue weighted by Crippen LogP contribution is 2.37. The summed E-state index contributed by atoms with van der Waals surface area (Å²) >= 11 is 1.36. The molecule has 22 heavy (non-hydrogen) atoms. The van der Waals surface area contributed by atoms with Gasteiger partial charge in [0.1, 0.15) is 5.75 Å². The summed E-state index contributed by atoms with van der Waals surface area (Å²) in [5, 5.41) is 5.07. The Balaban J connectivity index is 1.95. The molecule has 3 rings (SSSR count). The van der Waals surface area contributed by atoms with Gasteiger partial charge in [-0.25, -0.2) is 4.98 Å². The number of nitrogens with zero attached hydrogens (tertiary/aromatic N) is 2. The van der Waals surface area contributed by atoms with Crippen molar-refractivity contribution in [2.45, 2.75) is 20.0 Å². The Labute approximate surface area is 131 Å². The zero-order chi connectivity index (χ0) is 15.9. The SMILES string of the molecule is CC(=O)Nc1nc(-c2ccc3c(c2)N(C)C(=O)[C@@H](C)O3)cs1. The minimum atomic E-state index is -0.478. The van der Waals surface area contributed by atoms with Crippen molar-refractivity contribution < 1.29 is 14.3 Å². The third kappa shape index (κ3) is 2.55. The number of likely N-dealkylation sites (N-methyl/N-ethyl adjacent to an activating group) is 1. The van der Waals surface area contributed by atoms with Crippen molar-refractivity contribution in [3.63, 3.8) is 0 Å². The molecule has 0 radical (unpaired) electrons. The number of hydrogen-bond donors (Lipinski definition) is 1. The van der Waals surface area contributed by atoms with E-state index in [1.165, 1.54) is 18.3 Å². The molecule has 1 atom stereocenters. The third-order valence-corrected chi connectivity index (χ3v) is 4.14. The molecule has 1 aliphatic heterocycles. The van der Waals surface area contributed by atoms with E-state index in [1.54, 1.807) is 18.9 Å². The Bertz CT molecular complexity index is 756. The normalized spacial score (nSPS) is 17.0. The molecular formula is C15H15N3O3S. The van der Waals surface area contributed by atoms with Gasteiger partial charge in [0.2, 0.25) is 5.91 Å². The van der Waals surface area contributed by atoms with Crippen LogP contribution in [0.15, 0.2) is 23.6 Å². The van der Waals surface area contributed by atoms with E-state index in [-0.39, 0.29) is 11.8 Å². The average molecular weight is 317 g/mol. The molecule has 0 saturated heterocycles. The zero-order valence-electron chi connectivity index (χ0n) is 12.4. The first-order chi connectivity index (χ1) is 10.5. The second-order valence-corrected chi connectivity index (χ2v) is 5.92. The van der Waals surface area contributed by atoms with Gasteiger partial charge < -0.3 is 15.0 Å². The molecule has 1 aromatic carbocycles. The van der Waals surface area contributed by atoms with E-state index in [9.17, 15) is 9.59 Å². The van der Waals surface area contributed by atoms with Gasteiger partial charge in [0, 0.05) is 24.9 Å². The average Bonchev–Trinajstić information content (AvgIpc) is 2.92. The highest BCUT2D eigenvalue weighted by atomic mass is 32.1. The second-order valence-electron chi connectivity index (χ2n) is 5.06. The maximum Gasteiger partial charge on any atom is 0.267 e. The molecule has 0 aliphatic carbocycles. The maximum atomic E-state index is 12.0. The third-order valence-electron chi connectivity index (χ3n) is 3.39. The molecule has 114 valence electrons. The lowest BCUT2D eigenvalue weighted by Gasteiger charge is -2.30. The number of fused-ring (bicyclic) bond motifs is 1. The van der Waals surface area contributed by atoms with Crippen LogP contribution in [0.3, 0.4) is 0 Å². The van der Waals surface area contributed by atoms with Crippen molar-refractivity contribution in [2.24, 2.45) is 0 Å². The number of benzene rings is 1. The number of ether oxygens (including phenoxy) is 1. The maximum absolute atomic E-state index is 12.0. The number of hydrogen-bond acceptors (Lipinski definition) is 5. The minimum Gasteiger partial charge on any atom is -0.479 e.